The van der Waals surface area contributed by atoms with Crippen LogP contribution in [-0.4, -0.2) is 25.4 Å². The summed E-state index contributed by atoms with van der Waals surface area (Å²) in [7, 11) is 2.94. The number of benzene rings is 2. The molecule has 0 fully saturated rings. The molecule has 28 heavy (non-hydrogen) atoms. The number of rotatable bonds is 4. The molecule has 1 aromatic heterocycles. The Morgan fingerprint density at radius 3 is 2.46 bits per heavy atom. The molecule has 4 rings (SSSR count). The van der Waals surface area contributed by atoms with E-state index in [0.29, 0.717) is 34.5 Å². The first kappa shape index (κ1) is 18.0. The van der Waals surface area contributed by atoms with Crippen LogP contribution in [0.4, 0.5) is 0 Å². The second-order valence-corrected chi connectivity index (χ2v) is 6.76. The van der Waals surface area contributed by atoms with Gasteiger partial charge in [-0.1, -0.05) is 6.58 Å². The smallest absolute Gasteiger partial charge is 0.239 e. The quantitative estimate of drug-likeness (QED) is 0.688. The zero-order valence-corrected chi connectivity index (χ0v) is 15.9. The molecular formula is C22H20O6. The Bertz CT molecular complexity index is 1140. The zero-order valence-electron chi connectivity index (χ0n) is 15.9. The SMILES string of the molecule is C=C(C)[C@H]1Cc2c(cc3oc(-c4ccc(O)cc4)c(OC)c(=O)c3c2OC)O1. The Kier molecular flexibility index (Phi) is 4.26. The van der Waals surface area contributed by atoms with E-state index in [-0.39, 0.29) is 28.8 Å². The van der Waals surface area contributed by atoms with Crippen molar-refractivity contribution >= 4 is 11.0 Å². The third-order valence-electron chi connectivity index (χ3n) is 4.90. The highest BCUT2D eigenvalue weighted by Crippen LogP contribution is 2.44. The number of hydrogen-bond donors (Lipinski definition) is 1. The van der Waals surface area contributed by atoms with Crippen LogP contribution in [-0.2, 0) is 6.42 Å². The van der Waals surface area contributed by atoms with Crippen LogP contribution >= 0.6 is 0 Å². The van der Waals surface area contributed by atoms with Crippen LogP contribution in [0.3, 0.4) is 0 Å². The van der Waals surface area contributed by atoms with E-state index >= 15 is 0 Å². The van der Waals surface area contributed by atoms with Gasteiger partial charge in [0.1, 0.15) is 34.3 Å². The summed E-state index contributed by atoms with van der Waals surface area (Å²) in [5, 5.41) is 9.85. The first-order valence-corrected chi connectivity index (χ1v) is 8.80. The van der Waals surface area contributed by atoms with E-state index in [0.717, 1.165) is 11.1 Å². The van der Waals surface area contributed by atoms with E-state index in [4.69, 9.17) is 18.6 Å². The third kappa shape index (κ3) is 2.69. The van der Waals surface area contributed by atoms with Gasteiger partial charge in [-0.3, -0.25) is 4.79 Å². The van der Waals surface area contributed by atoms with Gasteiger partial charge < -0.3 is 23.7 Å². The van der Waals surface area contributed by atoms with Crippen molar-refractivity contribution in [3.8, 4) is 34.3 Å². The fourth-order valence-corrected chi connectivity index (χ4v) is 3.49. The van der Waals surface area contributed by atoms with Crippen molar-refractivity contribution in [3.05, 3.63) is 58.3 Å². The standard InChI is InChI=1S/C22H20O6/c1-11(2)15-9-14-16(27-15)10-17-18(21(14)25-3)19(24)22(26-4)20(28-17)12-5-7-13(23)8-6-12/h5-8,10,15,23H,1,9H2,2-4H3/t15-/m1/s1. The number of methoxy groups -OCH3 is 2. The molecular weight excluding hydrogens is 360 g/mol. The Morgan fingerprint density at radius 1 is 1.18 bits per heavy atom. The Morgan fingerprint density at radius 2 is 1.86 bits per heavy atom. The lowest BCUT2D eigenvalue weighted by Gasteiger charge is -2.13. The van der Waals surface area contributed by atoms with Gasteiger partial charge in [0.25, 0.3) is 0 Å². The molecule has 0 bridgehead atoms. The number of fused-ring (bicyclic) bond motifs is 2. The van der Waals surface area contributed by atoms with Crippen molar-refractivity contribution in [2.24, 2.45) is 0 Å². The number of phenols is 1. The fourth-order valence-electron chi connectivity index (χ4n) is 3.49. The van der Waals surface area contributed by atoms with E-state index in [1.165, 1.54) is 26.4 Å². The van der Waals surface area contributed by atoms with Crippen molar-refractivity contribution in [2.75, 3.05) is 14.2 Å². The molecule has 6 heteroatoms. The highest BCUT2D eigenvalue weighted by Gasteiger charge is 2.31. The average molecular weight is 380 g/mol. The number of phenolic OH excluding ortho intramolecular Hbond substituents is 1. The normalized spacial score (nSPS) is 15.2. The van der Waals surface area contributed by atoms with Crippen LogP contribution in [0.2, 0.25) is 0 Å². The van der Waals surface area contributed by atoms with Crippen LogP contribution in [0.15, 0.2) is 51.7 Å². The highest BCUT2D eigenvalue weighted by molar-refractivity contribution is 5.90. The summed E-state index contributed by atoms with van der Waals surface area (Å²) in [5.41, 5.74) is 2.32. The molecule has 1 aliphatic rings. The minimum absolute atomic E-state index is 0.0757. The number of aromatic hydroxyl groups is 1. The van der Waals surface area contributed by atoms with E-state index in [1.54, 1.807) is 18.2 Å². The molecule has 3 aromatic rings. The summed E-state index contributed by atoms with van der Waals surface area (Å²) >= 11 is 0. The molecule has 2 heterocycles. The average Bonchev–Trinajstić information content (AvgIpc) is 3.11. The maximum atomic E-state index is 13.2. The summed E-state index contributed by atoms with van der Waals surface area (Å²) in [6, 6.07) is 8.05. The molecule has 0 unspecified atom stereocenters. The van der Waals surface area contributed by atoms with Gasteiger partial charge in [-0.05, 0) is 36.8 Å². The molecule has 0 spiro atoms. The van der Waals surface area contributed by atoms with E-state index in [9.17, 15) is 9.90 Å². The van der Waals surface area contributed by atoms with Gasteiger partial charge in [0.2, 0.25) is 11.2 Å². The van der Waals surface area contributed by atoms with Gasteiger partial charge >= 0.3 is 0 Å². The van der Waals surface area contributed by atoms with Gasteiger partial charge in [-0.15, -0.1) is 0 Å². The Labute approximate surface area is 161 Å². The van der Waals surface area contributed by atoms with Gasteiger partial charge in [-0.2, -0.15) is 0 Å². The second kappa shape index (κ2) is 6.64. The maximum Gasteiger partial charge on any atom is 0.239 e. The minimum Gasteiger partial charge on any atom is -0.508 e. The third-order valence-corrected chi connectivity index (χ3v) is 4.90. The predicted molar refractivity (Wildman–Crippen MR) is 106 cm³/mol. The van der Waals surface area contributed by atoms with Crippen LogP contribution < -0.4 is 19.6 Å². The summed E-state index contributed by atoms with van der Waals surface area (Å²) in [6.45, 7) is 5.86. The van der Waals surface area contributed by atoms with Crippen LogP contribution in [0, 0.1) is 0 Å². The largest absolute Gasteiger partial charge is 0.508 e. The topological polar surface area (TPSA) is 78.1 Å². The van der Waals surface area contributed by atoms with Gasteiger partial charge in [0.15, 0.2) is 5.76 Å². The van der Waals surface area contributed by atoms with Gasteiger partial charge in [-0.25, -0.2) is 0 Å². The van der Waals surface area contributed by atoms with E-state index in [1.807, 2.05) is 6.92 Å². The second-order valence-electron chi connectivity index (χ2n) is 6.76. The summed E-state index contributed by atoms with van der Waals surface area (Å²) in [6.07, 6.45) is 0.403. The molecule has 0 aliphatic carbocycles. The molecule has 0 saturated heterocycles. The minimum atomic E-state index is -0.328. The van der Waals surface area contributed by atoms with Gasteiger partial charge in [0, 0.05) is 23.6 Å². The van der Waals surface area contributed by atoms with Crippen molar-refractivity contribution in [1.29, 1.82) is 0 Å². The van der Waals surface area contributed by atoms with Crippen molar-refractivity contribution in [1.82, 2.24) is 0 Å². The van der Waals surface area contributed by atoms with E-state index in [2.05, 4.69) is 6.58 Å². The molecule has 144 valence electrons. The lowest BCUT2D eigenvalue weighted by Crippen LogP contribution is -2.13. The van der Waals surface area contributed by atoms with Crippen LogP contribution in [0.5, 0.6) is 23.0 Å². The predicted octanol–water partition coefficient (Wildman–Crippen LogP) is 4.06. The Hall–Kier alpha value is -3.41. The van der Waals surface area contributed by atoms with Crippen molar-refractivity contribution < 1.29 is 23.7 Å². The molecule has 1 aliphatic heterocycles. The molecule has 6 nitrogen and oxygen atoms in total. The Balaban J connectivity index is 2.02. The summed E-state index contributed by atoms with van der Waals surface area (Å²) in [5.74, 6) is 1.51. The highest BCUT2D eigenvalue weighted by atomic mass is 16.5. The number of hydrogen-bond acceptors (Lipinski definition) is 6. The fraction of sp³-hybridized carbons (Fsp3) is 0.227. The molecule has 0 amide bonds. The van der Waals surface area contributed by atoms with Crippen molar-refractivity contribution in [2.45, 2.75) is 19.4 Å². The monoisotopic (exact) mass is 380 g/mol. The van der Waals surface area contributed by atoms with Crippen LogP contribution in [0.25, 0.3) is 22.3 Å². The lowest BCUT2D eigenvalue weighted by molar-refractivity contribution is 0.271. The zero-order chi connectivity index (χ0) is 20.0. The van der Waals surface area contributed by atoms with E-state index < -0.39 is 0 Å². The molecule has 0 saturated carbocycles. The first-order chi connectivity index (χ1) is 13.4. The summed E-state index contributed by atoms with van der Waals surface area (Å²) in [4.78, 5) is 13.2. The number of ether oxygens (including phenoxy) is 3. The molecule has 1 N–H and O–H groups in total. The van der Waals surface area contributed by atoms with Crippen molar-refractivity contribution in [3.63, 3.8) is 0 Å². The van der Waals surface area contributed by atoms with Gasteiger partial charge in [0.05, 0.1) is 14.2 Å². The molecule has 0 radical (unpaired) electrons. The molecule has 2 aromatic carbocycles. The first-order valence-electron chi connectivity index (χ1n) is 8.80. The lowest BCUT2D eigenvalue weighted by atomic mass is 10.0. The summed E-state index contributed by atoms with van der Waals surface area (Å²) < 4.78 is 23.0. The maximum absolute atomic E-state index is 13.2. The van der Waals surface area contributed by atoms with Crippen LogP contribution in [0.1, 0.15) is 12.5 Å². The molecule has 1 atom stereocenters.